The molecule has 3 nitrogen and oxygen atoms in total. The second kappa shape index (κ2) is 6.07. The molecule has 18 heavy (non-hydrogen) atoms. The van der Waals surface area contributed by atoms with Crippen molar-refractivity contribution in [1.82, 2.24) is 9.97 Å². The highest BCUT2D eigenvalue weighted by atomic mass is 16.1. The van der Waals surface area contributed by atoms with E-state index in [0.717, 1.165) is 18.5 Å². The molecule has 0 aliphatic heterocycles. The Bertz CT molecular complexity index is 427. The molecule has 0 fully saturated rings. The van der Waals surface area contributed by atoms with Crippen LogP contribution in [0.25, 0.3) is 0 Å². The van der Waals surface area contributed by atoms with Crippen molar-refractivity contribution < 1.29 is 4.79 Å². The first-order valence-electron chi connectivity index (χ1n) is 7.00. The second-order valence-corrected chi connectivity index (χ2v) is 5.62. The lowest BCUT2D eigenvalue weighted by Gasteiger charge is -2.10. The molecular formula is C15H22N2O. The number of carbonyl (C=O) groups excluding carboxylic acids is 1. The van der Waals surface area contributed by atoms with Crippen LogP contribution >= 0.6 is 0 Å². The summed E-state index contributed by atoms with van der Waals surface area (Å²) >= 11 is 0. The van der Waals surface area contributed by atoms with Gasteiger partial charge in [0.2, 0.25) is 0 Å². The lowest BCUT2D eigenvalue weighted by molar-refractivity contribution is -0.119. The lowest BCUT2D eigenvalue weighted by atomic mass is 9.99. The van der Waals surface area contributed by atoms with Crippen LogP contribution in [0.2, 0.25) is 0 Å². The Morgan fingerprint density at radius 3 is 2.78 bits per heavy atom. The van der Waals surface area contributed by atoms with Crippen molar-refractivity contribution in [2.24, 2.45) is 5.92 Å². The minimum absolute atomic E-state index is 0.301. The van der Waals surface area contributed by atoms with Gasteiger partial charge in [0.1, 0.15) is 12.1 Å². The summed E-state index contributed by atoms with van der Waals surface area (Å²) in [5.74, 6) is 0.730. The molecule has 98 valence electrons. The van der Waals surface area contributed by atoms with Gasteiger partial charge in [0.15, 0.2) is 0 Å². The van der Waals surface area contributed by atoms with Crippen molar-refractivity contribution >= 4 is 5.78 Å². The zero-order chi connectivity index (χ0) is 13.0. The molecule has 0 radical (unpaired) electrons. The average Bonchev–Trinajstić information content (AvgIpc) is 2.53. The van der Waals surface area contributed by atoms with Crippen LogP contribution in [-0.4, -0.2) is 15.8 Å². The maximum atomic E-state index is 11.9. The quantitative estimate of drug-likeness (QED) is 0.767. The molecule has 3 heteroatoms. The van der Waals surface area contributed by atoms with Gasteiger partial charge in [-0.05, 0) is 37.2 Å². The zero-order valence-electron chi connectivity index (χ0n) is 11.4. The summed E-state index contributed by atoms with van der Waals surface area (Å²) < 4.78 is 0. The van der Waals surface area contributed by atoms with Crippen LogP contribution in [0, 0.1) is 5.92 Å². The van der Waals surface area contributed by atoms with Gasteiger partial charge >= 0.3 is 0 Å². The van der Waals surface area contributed by atoms with Crippen LogP contribution in [0.3, 0.4) is 0 Å². The Labute approximate surface area is 109 Å². The Kier molecular flexibility index (Phi) is 4.45. The highest BCUT2D eigenvalue weighted by Gasteiger charge is 2.16. The highest BCUT2D eigenvalue weighted by Crippen LogP contribution is 2.21. The maximum Gasteiger partial charge on any atom is 0.139 e. The molecule has 0 saturated heterocycles. The smallest absolute Gasteiger partial charge is 0.139 e. The minimum atomic E-state index is 0.301. The number of fused-ring (bicyclic) bond motifs is 1. The maximum absolute atomic E-state index is 11.9. The molecule has 2 rings (SSSR count). The number of nitrogens with zero attached hydrogens (tertiary/aromatic N) is 2. The van der Waals surface area contributed by atoms with E-state index in [-0.39, 0.29) is 0 Å². The topological polar surface area (TPSA) is 42.9 Å². The Morgan fingerprint density at radius 1 is 1.22 bits per heavy atom. The third-order valence-corrected chi connectivity index (χ3v) is 3.46. The van der Waals surface area contributed by atoms with E-state index in [2.05, 4.69) is 23.8 Å². The van der Waals surface area contributed by atoms with Crippen molar-refractivity contribution in [3.63, 3.8) is 0 Å². The van der Waals surface area contributed by atoms with Gasteiger partial charge in [-0.15, -0.1) is 0 Å². The number of carbonyl (C=O) groups is 1. The fourth-order valence-electron chi connectivity index (χ4n) is 2.63. The Balaban J connectivity index is 2.15. The average molecular weight is 246 g/mol. The van der Waals surface area contributed by atoms with Gasteiger partial charge in [0, 0.05) is 18.5 Å². The first kappa shape index (κ1) is 13.2. The van der Waals surface area contributed by atoms with Crippen LogP contribution in [-0.2, 0) is 24.1 Å². The highest BCUT2D eigenvalue weighted by molar-refractivity contribution is 5.80. The second-order valence-electron chi connectivity index (χ2n) is 5.62. The summed E-state index contributed by atoms with van der Waals surface area (Å²) in [6.45, 7) is 4.16. The summed E-state index contributed by atoms with van der Waals surface area (Å²) in [6.07, 6.45) is 8.53. The molecule has 0 aromatic carbocycles. The van der Waals surface area contributed by atoms with Crippen molar-refractivity contribution in [2.45, 2.75) is 58.8 Å². The van der Waals surface area contributed by atoms with Crippen LogP contribution in [0.4, 0.5) is 0 Å². The summed E-state index contributed by atoms with van der Waals surface area (Å²) in [7, 11) is 0. The first-order valence-corrected chi connectivity index (χ1v) is 7.00. The third-order valence-electron chi connectivity index (χ3n) is 3.46. The normalized spacial score (nSPS) is 15.3. The van der Waals surface area contributed by atoms with Gasteiger partial charge in [0.05, 0.1) is 5.69 Å². The number of Topliss-reactive ketones (excluding diaryl/α,β-unsaturated/α-hetero) is 1. The predicted molar refractivity (Wildman–Crippen MR) is 71.5 cm³/mol. The SMILES string of the molecule is CC(C)CC(=O)Cc1ncnc2c1CCCCC2. The number of aryl methyl sites for hydroxylation is 1. The molecule has 1 aliphatic carbocycles. The minimum Gasteiger partial charge on any atom is -0.299 e. The van der Waals surface area contributed by atoms with E-state index in [1.165, 1.54) is 30.5 Å². The number of rotatable bonds is 4. The van der Waals surface area contributed by atoms with Crippen molar-refractivity contribution in [2.75, 3.05) is 0 Å². The van der Waals surface area contributed by atoms with E-state index in [4.69, 9.17) is 0 Å². The standard InChI is InChI=1S/C15H22N2O/c1-11(2)8-12(18)9-15-13-6-4-3-5-7-14(13)16-10-17-15/h10-11H,3-9H2,1-2H3. The van der Waals surface area contributed by atoms with Crippen LogP contribution in [0.15, 0.2) is 6.33 Å². The predicted octanol–water partition coefficient (Wildman–Crippen LogP) is 2.90. The monoisotopic (exact) mass is 246 g/mol. The molecule has 1 aromatic rings. The molecule has 1 aliphatic rings. The van der Waals surface area contributed by atoms with Gasteiger partial charge in [-0.3, -0.25) is 4.79 Å². The molecule has 1 aromatic heterocycles. The van der Waals surface area contributed by atoms with E-state index in [1.54, 1.807) is 6.33 Å². The third kappa shape index (κ3) is 3.37. The van der Waals surface area contributed by atoms with Gasteiger partial charge in [-0.25, -0.2) is 9.97 Å². The van der Waals surface area contributed by atoms with E-state index >= 15 is 0 Å². The molecule has 0 atom stereocenters. The molecule has 0 unspecified atom stereocenters. The van der Waals surface area contributed by atoms with Crippen LogP contribution < -0.4 is 0 Å². The molecule has 1 heterocycles. The van der Waals surface area contributed by atoms with E-state index in [1.807, 2.05) is 0 Å². The van der Waals surface area contributed by atoms with Crippen molar-refractivity contribution in [3.05, 3.63) is 23.3 Å². The van der Waals surface area contributed by atoms with Crippen molar-refractivity contribution in [1.29, 1.82) is 0 Å². The molecule has 0 bridgehead atoms. The van der Waals surface area contributed by atoms with E-state index < -0.39 is 0 Å². The van der Waals surface area contributed by atoms with Crippen molar-refractivity contribution in [3.8, 4) is 0 Å². The summed E-state index contributed by atoms with van der Waals surface area (Å²) in [6, 6.07) is 0. The van der Waals surface area contributed by atoms with Crippen LogP contribution in [0.5, 0.6) is 0 Å². The lowest BCUT2D eigenvalue weighted by Crippen LogP contribution is -2.12. The fraction of sp³-hybridized carbons (Fsp3) is 0.667. The molecule has 0 spiro atoms. The molecule has 0 N–H and O–H groups in total. The summed E-state index contributed by atoms with van der Waals surface area (Å²) in [5, 5.41) is 0. The molecule has 0 amide bonds. The zero-order valence-corrected chi connectivity index (χ0v) is 11.4. The van der Waals surface area contributed by atoms with Crippen LogP contribution in [0.1, 0.15) is 56.5 Å². The van der Waals surface area contributed by atoms with E-state index in [0.29, 0.717) is 24.5 Å². The Hall–Kier alpha value is -1.25. The largest absolute Gasteiger partial charge is 0.299 e. The number of hydrogen-bond donors (Lipinski definition) is 0. The molecular weight excluding hydrogens is 224 g/mol. The summed E-state index contributed by atoms with van der Waals surface area (Å²) in [4.78, 5) is 20.7. The number of aromatic nitrogens is 2. The fourth-order valence-corrected chi connectivity index (χ4v) is 2.63. The first-order chi connectivity index (χ1) is 8.66. The molecule has 0 saturated carbocycles. The van der Waals surface area contributed by atoms with Gasteiger partial charge in [-0.2, -0.15) is 0 Å². The number of ketones is 1. The summed E-state index contributed by atoms with van der Waals surface area (Å²) in [5.41, 5.74) is 3.41. The van der Waals surface area contributed by atoms with E-state index in [9.17, 15) is 4.79 Å². The van der Waals surface area contributed by atoms with Gasteiger partial charge in [0.25, 0.3) is 0 Å². The van der Waals surface area contributed by atoms with Gasteiger partial charge < -0.3 is 0 Å². The number of hydrogen-bond acceptors (Lipinski definition) is 3. The van der Waals surface area contributed by atoms with Gasteiger partial charge in [-0.1, -0.05) is 20.3 Å². The Morgan fingerprint density at radius 2 is 2.00 bits per heavy atom.